The second-order valence-corrected chi connectivity index (χ2v) is 7.51. The van der Waals surface area contributed by atoms with Gasteiger partial charge in [0.15, 0.2) is 11.6 Å². The molecule has 3 heterocycles. The van der Waals surface area contributed by atoms with Gasteiger partial charge in [0.25, 0.3) is 0 Å². The van der Waals surface area contributed by atoms with Crippen LogP contribution in [0.2, 0.25) is 0 Å². The molecule has 1 N–H and O–H groups in total. The second-order valence-electron chi connectivity index (χ2n) is 7.51. The van der Waals surface area contributed by atoms with Crippen molar-refractivity contribution in [1.29, 1.82) is 0 Å². The minimum absolute atomic E-state index is 0.588. The lowest BCUT2D eigenvalue weighted by Gasteiger charge is -2.02. The minimum Gasteiger partial charge on any atom is -0.454 e. The highest BCUT2D eigenvalue weighted by Crippen LogP contribution is 2.29. The van der Waals surface area contributed by atoms with Crippen LogP contribution < -0.4 is 5.43 Å². The first-order chi connectivity index (χ1) is 16.3. The van der Waals surface area contributed by atoms with Gasteiger partial charge in [-0.25, -0.2) is 4.68 Å². The summed E-state index contributed by atoms with van der Waals surface area (Å²) in [6, 6.07) is 27.7. The zero-order chi connectivity index (χ0) is 22.0. The lowest BCUT2D eigenvalue weighted by atomic mass is 10.2. The number of fused-ring (bicyclic) bond motifs is 2. The van der Waals surface area contributed by atoms with Gasteiger partial charge in [-0.15, -0.1) is 5.10 Å². The van der Waals surface area contributed by atoms with Gasteiger partial charge in [0, 0.05) is 27.9 Å². The Morgan fingerprint density at radius 3 is 2.55 bits per heavy atom. The van der Waals surface area contributed by atoms with Crippen molar-refractivity contribution in [2.24, 2.45) is 5.10 Å². The average Bonchev–Trinajstić information content (AvgIpc) is 3.49. The summed E-state index contributed by atoms with van der Waals surface area (Å²) in [7, 11) is 0. The Balaban J connectivity index is 1.40. The van der Waals surface area contributed by atoms with E-state index in [-0.39, 0.29) is 0 Å². The van der Waals surface area contributed by atoms with Gasteiger partial charge in [0.1, 0.15) is 11.3 Å². The molecule has 0 amide bonds. The first-order valence-electron chi connectivity index (χ1n) is 10.5. The average molecular weight is 430 g/mol. The molecule has 6 aromatic rings. The van der Waals surface area contributed by atoms with Crippen molar-refractivity contribution in [1.82, 2.24) is 20.0 Å². The topological polar surface area (TPSA) is 81.1 Å². The van der Waals surface area contributed by atoms with Gasteiger partial charge in [-0.3, -0.25) is 5.43 Å². The maximum Gasteiger partial charge on any atom is 0.176 e. The maximum absolute atomic E-state index is 6.09. The van der Waals surface area contributed by atoms with Crippen LogP contribution in [-0.2, 0) is 0 Å². The molecule has 0 aliphatic rings. The number of rotatable bonds is 5. The Morgan fingerprint density at radius 1 is 0.879 bits per heavy atom. The van der Waals surface area contributed by atoms with Crippen molar-refractivity contribution in [3.8, 4) is 17.1 Å². The molecule has 0 radical (unpaired) electrons. The predicted octanol–water partition coefficient (Wildman–Crippen LogP) is 5.67. The van der Waals surface area contributed by atoms with Crippen molar-refractivity contribution < 1.29 is 4.42 Å². The van der Waals surface area contributed by atoms with Crippen LogP contribution in [0.1, 0.15) is 5.56 Å². The van der Waals surface area contributed by atoms with Gasteiger partial charge in [-0.05, 0) is 24.3 Å². The van der Waals surface area contributed by atoms with E-state index in [2.05, 4.69) is 20.7 Å². The fraction of sp³-hybridized carbons (Fsp3) is 0. The standard InChI is InChI=1S/C26H18N6O/c1-2-10-21(11-3-1)32-17-20(25(31-32)24-14-18-8-5-7-13-23(18)33-24)16-28-30-26-22-12-6-4-9-19(22)15-27-29-26/h1-17H,(H,29,30)/b28-16-. The van der Waals surface area contributed by atoms with Gasteiger partial charge < -0.3 is 4.42 Å². The number of benzene rings is 3. The van der Waals surface area contributed by atoms with E-state index in [1.54, 1.807) is 12.4 Å². The summed E-state index contributed by atoms with van der Waals surface area (Å²) in [6.07, 6.45) is 5.38. The van der Waals surface area contributed by atoms with Crippen molar-refractivity contribution >= 4 is 33.8 Å². The van der Waals surface area contributed by atoms with E-state index in [0.29, 0.717) is 17.3 Å². The zero-order valence-corrected chi connectivity index (χ0v) is 17.5. The highest BCUT2D eigenvalue weighted by atomic mass is 16.3. The molecular formula is C26H18N6O. The summed E-state index contributed by atoms with van der Waals surface area (Å²) in [5.74, 6) is 1.27. The Hall–Kier alpha value is -4.78. The zero-order valence-electron chi connectivity index (χ0n) is 17.5. The summed E-state index contributed by atoms with van der Waals surface area (Å²) in [5.41, 5.74) is 6.28. The number of hydrogen-bond acceptors (Lipinski definition) is 6. The highest BCUT2D eigenvalue weighted by Gasteiger charge is 2.15. The van der Waals surface area contributed by atoms with Crippen LogP contribution in [0.15, 0.2) is 107 Å². The molecule has 7 nitrogen and oxygen atoms in total. The number of aromatic nitrogens is 4. The van der Waals surface area contributed by atoms with Crippen LogP contribution in [0.3, 0.4) is 0 Å². The van der Waals surface area contributed by atoms with Gasteiger partial charge in [0.05, 0.1) is 18.1 Å². The number of hydrogen-bond donors (Lipinski definition) is 1. The third-order valence-electron chi connectivity index (χ3n) is 5.37. The summed E-state index contributed by atoms with van der Waals surface area (Å²) < 4.78 is 7.91. The largest absolute Gasteiger partial charge is 0.454 e. The van der Waals surface area contributed by atoms with Crippen molar-refractivity contribution in [3.63, 3.8) is 0 Å². The molecule has 0 bridgehead atoms. The van der Waals surface area contributed by atoms with E-state index in [4.69, 9.17) is 9.52 Å². The first kappa shape index (κ1) is 18.9. The normalized spacial score (nSPS) is 11.5. The Labute approximate surface area is 189 Å². The van der Waals surface area contributed by atoms with Crippen LogP contribution in [0.5, 0.6) is 0 Å². The molecule has 7 heteroatoms. The molecule has 0 aliphatic heterocycles. The molecule has 0 saturated heterocycles. The molecule has 0 saturated carbocycles. The molecule has 0 aliphatic carbocycles. The van der Waals surface area contributed by atoms with Gasteiger partial charge >= 0.3 is 0 Å². The van der Waals surface area contributed by atoms with Crippen LogP contribution in [0.25, 0.3) is 38.9 Å². The molecule has 6 rings (SSSR count). The van der Waals surface area contributed by atoms with Gasteiger partial charge in [-0.2, -0.15) is 15.3 Å². The third kappa shape index (κ3) is 3.61. The minimum atomic E-state index is 0.588. The Morgan fingerprint density at radius 2 is 1.67 bits per heavy atom. The molecule has 0 unspecified atom stereocenters. The molecule has 0 atom stereocenters. The Bertz CT molecular complexity index is 1560. The second kappa shape index (κ2) is 8.05. The van der Waals surface area contributed by atoms with Crippen molar-refractivity contribution in [3.05, 3.63) is 103 Å². The number of hydrazone groups is 1. The number of nitrogens with one attached hydrogen (secondary N) is 1. The molecular weight excluding hydrogens is 412 g/mol. The summed E-state index contributed by atoms with van der Waals surface area (Å²) in [6.45, 7) is 0. The summed E-state index contributed by atoms with van der Waals surface area (Å²) in [4.78, 5) is 0. The van der Waals surface area contributed by atoms with Crippen LogP contribution in [0.4, 0.5) is 5.82 Å². The fourth-order valence-corrected chi connectivity index (χ4v) is 3.76. The van der Waals surface area contributed by atoms with Crippen LogP contribution in [0, 0.1) is 0 Å². The van der Waals surface area contributed by atoms with Gasteiger partial charge in [0.2, 0.25) is 0 Å². The molecule has 0 spiro atoms. The number of furan rings is 1. The van der Waals surface area contributed by atoms with E-state index in [1.807, 2.05) is 95.8 Å². The maximum atomic E-state index is 6.09. The van der Waals surface area contributed by atoms with E-state index in [0.717, 1.165) is 33.0 Å². The lowest BCUT2D eigenvalue weighted by Crippen LogP contribution is -1.96. The van der Waals surface area contributed by atoms with E-state index in [9.17, 15) is 0 Å². The highest BCUT2D eigenvalue weighted by molar-refractivity contribution is 5.93. The fourth-order valence-electron chi connectivity index (χ4n) is 3.76. The van der Waals surface area contributed by atoms with Crippen LogP contribution in [-0.4, -0.2) is 26.2 Å². The van der Waals surface area contributed by atoms with Gasteiger partial charge in [-0.1, -0.05) is 60.7 Å². The van der Waals surface area contributed by atoms with E-state index in [1.165, 1.54) is 0 Å². The quantitative estimate of drug-likeness (QED) is 0.281. The molecule has 158 valence electrons. The number of para-hydroxylation sites is 2. The summed E-state index contributed by atoms with van der Waals surface area (Å²) >= 11 is 0. The first-order valence-corrected chi connectivity index (χ1v) is 10.5. The predicted molar refractivity (Wildman–Crippen MR) is 130 cm³/mol. The lowest BCUT2D eigenvalue weighted by molar-refractivity contribution is 0.627. The van der Waals surface area contributed by atoms with E-state index < -0.39 is 0 Å². The smallest absolute Gasteiger partial charge is 0.176 e. The van der Waals surface area contributed by atoms with Crippen molar-refractivity contribution in [2.75, 3.05) is 5.43 Å². The summed E-state index contributed by atoms with van der Waals surface area (Å²) in [5, 5.41) is 20.4. The van der Waals surface area contributed by atoms with E-state index >= 15 is 0 Å². The molecule has 3 aromatic carbocycles. The molecule has 0 fully saturated rings. The number of nitrogens with zero attached hydrogens (tertiary/aromatic N) is 5. The number of anilines is 1. The molecule has 3 aromatic heterocycles. The SMILES string of the molecule is C(=N/Nc1nncc2ccccc12)/c1cn(-c2ccccc2)nc1-c1cc2ccccc2o1. The Kier molecular flexibility index (Phi) is 4.62. The monoisotopic (exact) mass is 430 g/mol. The van der Waals surface area contributed by atoms with Crippen molar-refractivity contribution in [2.45, 2.75) is 0 Å². The van der Waals surface area contributed by atoms with Crippen LogP contribution >= 0.6 is 0 Å². The molecule has 33 heavy (non-hydrogen) atoms. The third-order valence-corrected chi connectivity index (χ3v) is 5.37.